The van der Waals surface area contributed by atoms with E-state index in [0.29, 0.717) is 47.6 Å². The van der Waals surface area contributed by atoms with Crippen molar-refractivity contribution in [1.82, 2.24) is 0 Å². The third-order valence-corrected chi connectivity index (χ3v) is 11.1. The van der Waals surface area contributed by atoms with Crippen LogP contribution < -0.4 is 23.7 Å². The summed E-state index contributed by atoms with van der Waals surface area (Å²) in [7, 11) is -1.61. The molecule has 1 unspecified atom stereocenters. The number of hydrogen-bond donors (Lipinski definition) is 0. The van der Waals surface area contributed by atoms with E-state index in [2.05, 4.69) is 0 Å². The van der Waals surface area contributed by atoms with E-state index in [1.54, 1.807) is 13.0 Å². The second-order valence-corrected chi connectivity index (χ2v) is 14.5. The van der Waals surface area contributed by atoms with Crippen molar-refractivity contribution in [1.29, 1.82) is 5.26 Å². The molecule has 0 aliphatic carbocycles. The zero-order valence-electron chi connectivity index (χ0n) is 25.9. The number of benzene rings is 3. The molecule has 1 fully saturated rings. The predicted molar refractivity (Wildman–Crippen MR) is 166 cm³/mol. The van der Waals surface area contributed by atoms with Crippen LogP contribution >= 0.6 is 0 Å². The second-order valence-electron chi connectivity index (χ2n) is 10.3. The van der Waals surface area contributed by atoms with Gasteiger partial charge in [0.1, 0.15) is 11.5 Å². The molecule has 1 saturated heterocycles. The van der Waals surface area contributed by atoms with Gasteiger partial charge in [-0.05, 0) is 78.9 Å². The summed E-state index contributed by atoms with van der Waals surface area (Å²) in [6.45, 7) is 1.43. The highest BCUT2D eigenvalue weighted by Gasteiger charge is 2.33. The van der Waals surface area contributed by atoms with Gasteiger partial charge in [-0.1, -0.05) is 6.92 Å². The van der Waals surface area contributed by atoms with Crippen LogP contribution in [0.2, 0.25) is 0 Å². The topological polar surface area (TPSA) is 147 Å². The molecule has 0 spiro atoms. The summed E-state index contributed by atoms with van der Waals surface area (Å²) in [5.74, 6) is 1.00. The SMILES string of the molecule is CCCS(=O)(=O)c1cc(C2CC[C@@H](c3cc(OC)c(OC)c(OC)c3)O2)cc(OC)c1OCCS(=O)(=O)c1ccc(C#N)cc1. The molecule has 0 amide bonds. The average Bonchev–Trinajstić information content (AvgIpc) is 3.54. The molecule has 3 aromatic rings. The van der Waals surface area contributed by atoms with Gasteiger partial charge < -0.3 is 28.4 Å². The second kappa shape index (κ2) is 14.4. The van der Waals surface area contributed by atoms with Crippen molar-refractivity contribution < 1.29 is 45.3 Å². The number of nitrogens with zero attached hydrogens (tertiary/aromatic N) is 1. The van der Waals surface area contributed by atoms with E-state index in [1.807, 2.05) is 18.2 Å². The van der Waals surface area contributed by atoms with Crippen LogP contribution in [-0.4, -0.2) is 63.4 Å². The first-order chi connectivity index (χ1) is 21.5. The van der Waals surface area contributed by atoms with Crippen molar-refractivity contribution in [2.24, 2.45) is 0 Å². The third-order valence-electron chi connectivity index (χ3n) is 7.46. The van der Waals surface area contributed by atoms with Gasteiger partial charge in [-0.15, -0.1) is 0 Å². The fraction of sp³-hybridized carbons (Fsp3) is 0.406. The molecule has 45 heavy (non-hydrogen) atoms. The Labute approximate surface area is 264 Å². The molecule has 0 aromatic heterocycles. The highest BCUT2D eigenvalue weighted by Crippen LogP contribution is 2.48. The van der Waals surface area contributed by atoms with E-state index in [9.17, 15) is 16.8 Å². The normalized spacial score (nSPS) is 16.5. The Balaban J connectivity index is 1.62. The molecule has 1 aliphatic rings. The molecule has 242 valence electrons. The number of nitriles is 1. The van der Waals surface area contributed by atoms with Gasteiger partial charge in [0, 0.05) is 0 Å². The molecule has 0 bridgehead atoms. The molecular formula is C32H37NO10S2. The minimum absolute atomic E-state index is 0.0336. The zero-order chi connectivity index (χ0) is 32.8. The van der Waals surface area contributed by atoms with Crippen LogP contribution in [0.15, 0.2) is 58.3 Å². The fourth-order valence-corrected chi connectivity index (χ4v) is 7.81. The molecular weight excluding hydrogens is 622 g/mol. The van der Waals surface area contributed by atoms with E-state index >= 15 is 0 Å². The lowest BCUT2D eigenvalue weighted by Gasteiger charge is -2.21. The van der Waals surface area contributed by atoms with Gasteiger partial charge in [0.15, 0.2) is 42.7 Å². The van der Waals surface area contributed by atoms with Crippen LogP contribution in [0.1, 0.15) is 55.1 Å². The number of rotatable bonds is 14. The van der Waals surface area contributed by atoms with E-state index in [1.165, 1.54) is 58.8 Å². The monoisotopic (exact) mass is 659 g/mol. The molecule has 0 N–H and O–H groups in total. The Morgan fingerprint density at radius 2 is 1.29 bits per heavy atom. The van der Waals surface area contributed by atoms with Crippen molar-refractivity contribution in [3.05, 3.63) is 65.2 Å². The van der Waals surface area contributed by atoms with Crippen molar-refractivity contribution in [3.8, 4) is 34.8 Å². The van der Waals surface area contributed by atoms with E-state index in [0.717, 1.165) is 5.56 Å². The van der Waals surface area contributed by atoms with Crippen LogP contribution in [0, 0.1) is 11.3 Å². The van der Waals surface area contributed by atoms with Crippen LogP contribution in [0.3, 0.4) is 0 Å². The highest BCUT2D eigenvalue weighted by atomic mass is 32.2. The third kappa shape index (κ3) is 7.46. The summed E-state index contributed by atoms with van der Waals surface area (Å²) in [6.07, 6.45) is 0.831. The molecule has 3 aromatic carbocycles. The van der Waals surface area contributed by atoms with Crippen molar-refractivity contribution >= 4 is 19.7 Å². The lowest BCUT2D eigenvalue weighted by molar-refractivity contribution is 0.0435. The molecule has 1 aliphatic heterocycles. The summed E-state index contributed by atoms with van der Waals surface area (Å²) in [5.41, 5.74) is 1.75. The smallest absolute Gasteiger partial charge is 0.203 e. The molecule has 2 atom stereocenters. The van der Waals surface area contributed by atoms with E-state index in [-0.39, 0.29) is 39.8 Å². The predicted octanol–water partition coefficient (Wildman–Crippen LogP) is 5.22. The molecule has 0 radical (unpaired) electrons. The minimum atomic E-state index is -3.83. The maximum atomic E-state index is 13.5. The first-order valence-electron chi connectivity index (χ1n) is 14.3. The summed E-state index contributed by atoms with van der Waals surface area (Å²) < 4.78 is 87.0. The Bertz CT molecular complexity index is 1740. The van der Waals surface area contributed by atoms with Gasteiger partial charge in [0.25, 0.3) is 0 Å². The van der Waals surface area contributed by atoms with Gasteiger partial charge in [-0.25, -0.2) is 16.8 Å². The molecule has 1 heterocycles. The van der Waals surface area contributed by atoms with Gasteiger partial charge in [0.2, 0.25) is 5.75 Å². The first-order valence-corrected chi connectivity index (χ1v) is 17.6. The molecule has 4 rings (SSSR count). The fourth-order valence-electron chi connectivity index (χ4n) is 5.21. The van der Waals surface area contributed by atoms with Crippen molar-refractivity contribution in [2.75, 3.05) is 46.6 Å². The van der Waals surface area contributed by atoms with E-state index < -0.39 is 31.5 Å². The average molecular weight is 660 g/mol. The van der Waals surface area contributed by atoms with Crippen LogP contribution in [0.25, 0.3) is 0 Å². The Kier molecular flexibility index (Phi) is 10.9. The summed E-state index contributed by atoms with van der Waals surface area (Å²) >= 11 is 0. The molecule has 13 heteroatoms. The highest BCUT2D eigenvalue weighted by molar-refractivity contribution is 7.91. The number of methoxy groups -OCH3 is 4. The Morgan fingerprint density at radius 3 is 1.78 bits per heavy atom. The maximum absolute atomic E-state index is 13.5. The Morgan fingerprint density at radius 1 is 0.756 bits per heavy atom. The summed E-state index contributed by atoms with van der Waals surface area (Å²) in [5, 5.41) is 8.99. The lowest BCUT2D eigenvalue weighted by atomic mass is 10.0. The van der Waals surface area contributed by atoms with Crippen LogP contribution in [0.5, 0.6) is 28.7 Å². The van der Waals surface area contributed by atoms with Gasteiger partial charge >= 0.3 is 0 Å². The van der Waals surface area contributed by atoms with Gasteiger partial charge in [-0.2, -0.15) is 5.26 Å². The van der Waals surface area contributed by atoms with Gasteiger partial charge in [-0.3, -0.25) is 0 Å². The zero-order valence-corrected chi connectivity index (χ0v) is 27.5. The van der Waals surface area contributed by atoms with Crippen LogP contribution in [-0.2, 0) is 24.4 Å². The maximum Gasteiger partial charge on any atom is 0.203 e. The first kappa shape index (κ1) is 33.9. The lowest BCUT2D eigenvalue weighted by Crippen LogP contribution is -2.17. The van der Waals surface area contributed by atoms with Crippen molar-refractivity contribution in [2.45, 2.75) is 48.2 Å². The summed E-state index contributed by atoms with van der Waals surface area (Å²) in [4.78, 5) is -0.0550. The molecule has 11 nitrogen and oxygen atoms in total. The quantitative estimate of drug-likeness (QED) is 0.224. The van der Waals surface area contributed by atoms with Crippen molar-refractivity contribution in [3.63, 3.8) is 0 Å². The number of hydrogen-bond acceptors (Lipinski definition) is 11. The number of sulfone groups is 2. The number of ether oxygens (including phenoxy) is 6. The van der Waals surface area contributed by atoms with Crippen LogP contribution in [0.4, 0.5) is 0 Å². The standard InChI is InChI=1S/C32H37NO10S2/c1-6-14-45(36,37)30-19-23(26-12-11-25(43-26)22-16-27(38-2)31(41-5)28(17-22)39-3)18-29(40-4)32(30)42-13-15-44(34,35)24-9-7-21(20-33)8-10-24/h7-10,16-19,25-26H,6,11-15H2,1-5H3/t25-,26?/m0/s1. The summed E-state index contributed by atoms with van der Waals surface area (Å²) in [6, 6.07) is 14.3. The van der Waals surface area contributed by atoms with Gasteiger partial charge in [0.05, 0.1) is 68.7 Å². The van der Waals surface area contributed by atoms with E-state index in [4.69, 9.17) is 33.7 Å². The largest absolute Gasteiger partial charge is 0.493 e. The Hall–Kier alpha value is -3.99. The molecule has 0 saturated carbocycles. The minimum Gasteiger partial charge on any atom is -0.493 e.